The summed E-state index contributed by atoms with van der Waals surface area (Å²) >= 11 is 9.70. The Balaban J connectivity index is 1.50. The highest BCUT2D eigenvalue weighted by molar-refractivity contribution is 9.10. The van der Waals surface area contributed by atoms with Gasteiger partial charge in [0, 0.05) is 21.1 Å². The molecular formula is C25H22BrClN2O2S. The smallest absolute Gasteiger partial charge is 0.261 e. The Morgan fingerprint density at radius 3 is 2.66 bits per heavy atom. The van der Waals surface area contributed by atoms with E-state index in [0.29, 0.717) is 16.6 Å². The molecule has 32 heavy (non-hydrogen) atoms. The second-order valence-electron chi connectivity index (χ2n) is 8.31. The second-order valence-corrected chi connectivity index (χ2v) is 11.3. The predicted molar refractivity (Wildman–Crippen MR) is 134 cm³/mol. The molecule has 0 aromatic heterocycles. The van der Waals surface area contributed by atoms with Gasteiger partial charge in [0.05, 0.1) is 16.6 Å². The Morgan fingerprint density at radius 2 is 1.88 bits per heavy atom. The van der Waals surface area contributed by atoms with Crippen LogP contribution in [0.1, 0.15) is 35.1 Å². The van der Waals surface area contributed by atoms with Crippen LogP contribution in [0.4, 0.5) is 11.4 Å². The van der Waals surface area contributed by atoms with Crippen molar-refractivity contribution in [3.05, 3.63) is 99.0 Å². The summed E-state index contributed by atoms with van der Waals surface area (Å²) in [6.07, 6.45) is 5.36. The lowest BCUT2D eigenvalue weighted by Crippen LogP contribution is -2.29. The zero-order chi connectivity index (χ0) is 22.5. The summed E-state index contributed by atoms with van der Waals surface area (Å²) in [5, 5.41) is 4.24. The van der Waals surface area contributed by atoms with Gasteiger partial charge in [0.15, 0.2) is 0 Å². The van der Waals surface area contributed by atoms with Crippen molar-refractivity contribution in [1.29, 1.82) is 0 Å². The number of rotatable bonds is 4. The van der Waals surface area contributed by atoms with Crippen LogP contribution in [0, 0.1) is 12.8 Å². The van der Waals surface area contributed by atoms with E-state index < -0.39 is 10.0 Å². The Labute approximate surface area is 201 Å². The molecule has 164 valence electrons. The third-order valence-electron chi connectivity index (χ3n) is 6.32. The van der Waals surface area contributed by atoms with Crippen LogP contribution in [0.2, 0.25) is 5.02 Å². The van der Waals surface area contributed by atoms with Crippen molar-refractivity contribution in [3.63, 3.8) is 0 Å². The van der Waals surface area contributed by atoms with Gasteiger partial charge in [0.1, 0.15) is 0 Å². The van der Waals surface area contributed by atoms with Crippen molar-refractivity contribution in [2.75, 3.05) is 10.0 Å². The molecule has 3 aromatic carbocycles. The Hall–Kier alpha value is -2.28. The summed E-state index contributed by atoms with van der Waals surface area (Å²) in [7, 11) is -3.74. The van der Waals surface area contributed by atoms with Gasteiger partial charge in [0.2, 0.25) is 0 Å². The topological polar surface area (TPSA) is 58.2 Å². The number of anilines is 2. The van der Waals surface area contributed by atoms with Crippen LogP contribution in [-0.4, -0.2) is 8.42 Å². The largest absolute Gasteiger partial charge is 0.378 e. The summed E-state index contributed by atoms with van der Waals surface area (Å²) in [6.45, 7) is 1.83. The van der Waals surface area contributed by atoms with Crippen molar-refractivity contribution in [2.24, 2.45) is 5.92 Å². The van der Waals surface area contributed by atoms with E-state index in [2.05, 4.69) is 56.3 Å². The highest BCUT2D eigenvalue weighted by Crippen LogP contribution is 2.51. The molecule has 1 aliphatic heterocycles. The van der Waals surface area contributed by atoms with E-state index in [9.17, 15) is 8.42 Å². The van der Waals surface area contributed by atoms with Crippen LogP contribution in [-0.2, 0) is 10.0 Å². The number of nitrogens with one attached hydrogen (secondary N) is 2. The first kappa shape index (κ1) is 21.6. The molecule has 0 bridgehead atoms. The minimum Gasteiger partial charge on any atom is -0.378 e. The Kier molecular flexibility index (Phi) is 5.56. The third-order valence-corrected chi connectivity index (χ3v) is 8.64. The molecule has 5 rings (SSSR count). The van der Waals surface area contributed by atoms with Gasteiger partial charge < -0.3 is 5.32 Å². The number of hydrogen-bond donors (Lipinski definition) is 2. The zero-order valence-corrected chi connectivity index (χ0v) is 20.5. The van der Waals surface area contributed by atoms with Crippen molar-refractivity contribution in [1.82, 2.24) is 0 Å². The maximum absolute atomic E-state index is 13.2. The van der Waals surface area contributed by atoms with Gasteiger partial charge in [-0.15, -0.1) is 0 Å². The summed E-state index contributed by atoms with van der Waals surface area (Å²) in [5.74, 6) is 0.487. The number of hydrogen-bond acceptors (Lipinski definition) is 3. The van der Waals surface area contributed by atoms with Gasteiger partial charge in [-0.25, -0.2) is 8.42 Å². The summed E-state index contributed by atoms with van der Waals surface area (Å²) < 4.78 is 30.1. The van der Waals surface area contributed by atoms with E-state index in [-0.39, 0.29) is 16.9 Å². The lowest BCUT2D eigenvalue weighted by Gasteiger charge is -2.38. The molecule has 7 heteroatoms. The minimum atomic E-state index is -3.74. The highest BCUT2D eigenvalue weighted by Gasteiger charge is 2.39. The maximum atomic E-state index is 13.2. The molecule has 0 saturated heterocycles. The lowest BCUT2D eigenvalue weighted by molar-refractivity contribution is 0.424. The molecule has 0 radical (unpaired) electrons. The van der Waals surface area contributed by atoms with Gasteiger partial charge in [-0.1, -0.05) is 57.9 Å². The van der Waals surface area contributed by atoms with E-state index in [1.54, 1.807) is 30.3 Å². The van der Waals surface area contributed by atoms with Crippen molar-refractivity contribution >= 4 is 48.9 Å². The van der Waals surface area contributed by atoms with Crippen LogP contribution in [0.25, 0.3) is 0 Å². The average molecular weight is 530 g/mol. The van der Waals surface area contributed by atoms with Crippen LogP contribution >= 0.6 is 27.5 Å². The highest BCUT2D eigenvalue weighted by atomic mass is 79.9. The van der Waals surface area contributed by atoms with Crippen molar-refractivity contribution in [2.45, 2.75) is 30.2 Å². The first-order chi connectivity index (χ1) is 15.3. The normalized spacial score (nSPS) is 21.5. The minimum absolute atomic E-state index is 0.148. The first-order valence-electron chi connectivity index (χ1n) is 10.4. The molecule has 1 aliphatic carbocycles. The lowest BCUT2D eigenvalue weighted by atomic mass is 9.77. The van der Waals surface area contributed by atoms with Crippen molar-refractivity contribution < 1.29 is 8.42 Å². The fraction of sp³-hybridized carbons (Fsp3) is 0.200. The quantitative estimate of drug-likeness (QED) is 0.356. The number of benzene rings is 3. The summed E-state index contributed by atoms with van der Waals surface area (Å²) in [5.41, 5.74) is 4.50. The van der Waals surface area contributed by atoms with Gasteiger partial charge in [-0.05, 0) is 78.4 Å². The molecule has 3 atom stereocenters. The van der Waals surface area contributed by atoms with E-state index in [1.807, 2.05) is 19.1 Å². The fourth-order valence-corrected chi connectivity index (χ4v) is 6.64. The van der Waals surface area contributed by atoms with Crippen LogP contribution in [0.5, 0.6) is 0 Å². The number of halogens is 2. The van der Waals surface area contributed by atoms with Gasteiger partial charge in [-0.2, -0.15) is 0 Å². The number of fused-ring (bicyclic) bond motifs is 3. The molecule has 0 fully saturated rings. The zero-order valence-electron chi connectivity index (χ0n) is 17.3. The molecule has 4 nitrogen and oxygen atoms in total. The molecule has 1 heterocycles. The Bertz CT molecular complexity index is 1340. The summed E-state index contributed by atoms with van der Waals surface area (Å²) in [4.78, 5) is 0.255. The van der Waals surface area contributed by atoms with E-state index in [1.165, 1.54) is 5.56 Å². The maximum Gasteiger partial charge on any atom is 0.261 e. The number of sulfonamides is 1. The standard InChI is InChI=1S/C25H22BrClN2O2S/c1-15-13-16(27)9-11-23(15)29-32(30,31)17-10-12-24-21(14-17)18-6-4-7-19(18)25(28-24)20-5-2-3-8-22(20)26/h2-6,8-14,18-19,25,28-29H,7H2,1H3/t18-,19+,25-/m1/s1. The molecule has 3 aromatic rings. The molecule has 0 amide bonds. The Morgan fingerprint density at radius 1 is 1.06 bits per heavy atom. The van der Waals surface area contributed by atoms with E-state index >= 15 is 0 Å². The summed E-state index contributed by atoms with van der Waals surface area (Å²) in [6, 6.07) is 18.9. The molecule has 2 aliphatic rings. The molecular weight excluding hydrogens is 508 g/mol. The van der Waals surface area contributed by atoms with E-state index in [0.717, 1.165) is 27.7 Å². The number of aryl methyl sites for hydroxylation is 1. The van der Waals surface area contributed by atoms with Crippen LogP contribution in [0.3, 0.4) is 0 Å². The monoisotopic (exact) mass is 528 g/mol. The second kappa shape index (κ2) is 8.25. The third kappa shape index (κ3) is 3.85. The molecule has 2 N–H and O–H groups in total. The van der Waals surface area contributed by atoms with Crippen LogP contribution < -0.4 is 10.0 Å². The van der Waals surface area contributed by atoms with Gasteiger partial charge in [0.25, 0.3) is 10.0 Å². The fourth-order valence-electron chi connectivity index (χ4n) is 4.72. The predicted octanol–water partition coefficient (Wildman–Crippen LogP) is 7.04. The first-order valence-corrected chi connectivity index (χ1v) is 13.1. The van der Waals surface area contributed by atoms with E-state index in [4.69, 9.17) is 11.6 Å². The number of allylic oxidation sites excluding steroid dienone is 2. The average Bonchev–Trinajstić information content (AvgIpc) is 3.26. The SMILES string of the molecule is Cc1cc(Cl)ccc1NS(=O)(=O)c1ccc2c(c1)[C@@H]1C=CC[C@@H]1[C@H](c1ccccc1Br)N2. The molecule has 0 saturated carbocycles. The van der Waals surface area contributed by atoms with Crippen molar-refractivity contribution in [3.8, 4) is 0 Å². The van der Waals surface area contributed by atoms with Gasteiger partial charge >= 0.3 is 0 Å². The molecule has 0 spiro atoms. The molecule has 0 unspecified atom stereocenters. The van der Waals surface area contributed by atoms with Crippen LogP contribution in [0.15, 0.2) is 82.2 Å². The van der Waals surface area contributed by atoms with Gasteiger partial charge in [-0.3, -0.25) is 4.72 Å².